The lowest BCUT2D eigenvalue weighted by molar-refractivity contribution is 0.102. The van der Waals surface area contributed by atoms with Crippen LogP contribution in [0.1, 0.15) is 40.2 Å². The van der Waals surface area contributed by atoms with E-state index in [0.29, 0.717) is 67.8 Å². The zero-order valence-corrected chi connectivity index (χ0v) is 22.9. The summed E-state index contributed by atoms with van der Waals surface area (Å²) in [5.41, 5.74) is 3.10. The average molecular weight is 540 g/mol. The summed E-state index contributed by atoms with van der Waals surface area (Å²) in [6.45, 7) is 5.84. The minimum atomic E-state index is -0.344. The molecular weight excluding hydrogens is 506 g/mol. The topological polar surface area (TPSA) is 98.4 Å². The number of anilines is 2. The SMILES string of the molecule is CCOC(=O)N1CCc2c(sc(NCc3ccc(OC)c(OC)c3)c2C(=O)Nc2ccccc2OCC)C1. The van der Waals surface area contributed by atoms with Crippen LogP contribution in [0.15, 0.2) is 42.5 Å². The average Bonchev–Trinajstić information content (AvgIpc) is 3.30. The van der Waals surface area contributed by atoms with Gasteiger partial charge in [-0.1, -0.05) is 18.2 Å². The van der Waals surface area contributed by atoms with Crippen molar-refractivity contribution in [3.8, 4) is 17.2 Å². The first-order chi connectivity index (χ1) is 18.5. The van der Waals surface area contributed by atoms with Gasteiger partial charge in [0, 0.05) is 18.0 Å². The van der Waals surface area contributed by atoms with E-state index in [1.807, 2.05) is 49.4 Å². The molecule has 10 heteroatoms. The second-order valence-electron chi connectivity index (χ2n) is 8.50. The number of hydrogen-bond acceptors (Lipinski definition) is 8. The number of nitrogens with one attached hydrogen (secondary N) is 2. The Morgan fingerprint density at radius 1 is 1.00 bits per heavy atom. The van der Waals surface area contributed by atoms with Gasteiger partial charge in [-0.05, 0) is 55.7 Å². The van der Waals surface area contributed by atoms with Crippen molar-refractivity contribution in [3.63, 3.8) is 0 Å². The number of methoxy groups -OCH3 is 2. The van der Waals surface area contributed by atoms with Crippen molar-refractivity contribution in [2.45, 2.75) is 33.4 Å². The molecule has 0 fully saturated rings. The van der Waals surface area contributed by atoms with Gasteiger partial charge < -0.3 is 34.5 Å². The molecule has 0 saturated carbocycles. The van der Waals surface area contributed by atoms with Crippen LogP contribution >= 0.6 is 11.3 Å². The first-order valence-corrected chi connectivity index (χ1v) is 13.3. The van der Waals surface area contributed by atoms with Crippen LogP contribution in [-0.4, -0.2) is 50.9 Å². The van der Waals surface area contributed by atoms with Crippen molar-refractivity contribution in [1.82, 2.24) is 4.90 Å². The summed E-state index contributed by atoms with van der Waals surface area (Å²) in [5, 5.41) is 7.22. The molecule has 1 aromatic heterocycles. The predicted molar refractivity (Wildman–Crippen MR) is 148 cm³/mol. The number of benzene rings is 2. The van der Waals surface area contributed by atoms with Crippen molar-refractivity contribution in [2.75, 3.05) is 44.6 Å². The first-order valence-electron chi connectivity index (χ1n) is 12.5. The number of hydrogen-bond donors (Lipinski definition) is 2. The Labute approximate surface area is 226 Å². The highest BCUT2D eigenvalue weighted by molar-refractivity contribution is 7.16. The van der Waals surface area contributed by atoms with E-state index in [1.165, 1.54) is 11.3 Å². The van der Waals surface area contributed by atoms with Crippen LogP contribution in [0, 0.1) is 0 Å². The maximum atomic E-state index is 13.7. The summed E-state index contributed by atoms with van der Waals surface area (Å²) in [6, 6.07) is 13.1. The van der Waals surface area contributed by atoms with Crippen LogP contribution in [0.2, 0.25) is 0 Å². The lowest BCUT2D eigenvalue weighted by Crippen LogP contribution is -2.36. The molecule has 0 saturated heterocycles. The van der Waals surface area contributed by atoms with Gasteiger partial charge >= 0.3 is 6.09 Å². The molecule has 38 heavy (non-hydrogen) atoms. The van der Waals surface area contributed by atoms with Gasteiger partial charge in [0.15, 0.2) is 11.5 Å². The first kappa shape index (κ1) is 27.1. The summed E-state index contributed by atoms with van der Waals surface area (Å²) >= 11 is 1.48. The molecule has 0 unspecified atom stereocenters. The molecule has 0 radical (unpaired) electrons. The number of fused-ring (bicyclic) bond motifs is 1. The van der Waals surface area contributed by atoms with Crippen molar-refractivity contribution in [3.05, 3.63) is 64.0 Å². The zero-order valence-electron chi connectivity index (χ0n) is 22.1. The number of carbonyl (C=O) groups excluding carboxylic acids is 2. The lowest BCUT2D eigenvalue weighted by atomic mass is 10.0. The Hall–Kier alpha value is -3.92. The van der Waals surface area contributed by atoms with E-state index in [2.05, 4.69) is 10.6 Å². The summed E-state index contributed by atoms with van der Waals surface area (Å²) in [7, 11) is 3.19. The summed E-state index contributed by atoms with van der Waals surface area (Å²) in [6.07, 6.45) is 0.210. The molecule has 2 amide bonds. The Balaban J connectivity index is 1.63. The smallest absolute Gasteiger partial charge is 0.410 e. The highest BCUT2D eigenvalue weighted by atomic mass is 32.1. The molecule has 0 aliphatic carbocycles. The van der Waals surface area contributed by atoms with Gasteiger partial charge in [-0.15, -0.1) is 11.3 Å². The van der Waals surface area contributed by atoms with Crippen LogP contribution in [0.25, 0.3) is 0 Å². The molecule has 9 nitrogen and oxygen atoms in total. The number of nitrogens with zero attached hydrogens (tertiary/aromatic N) is 1. The van der Waals surface area contributed by atoms with Gasteiger partial charge in [-0.2, -0.15) is 0 Å². The third-order valence-corrected chi connectivity index (χ3v) is 7.32. The standard InChI is InChI=1S/C28H33N3O6S/c1-5-36-21-10-8-7-9-20(21)30-26(32)25-19-13-14-31(28(33)37-6-2)17-24(19)38-27(25)29-16-18-11-12-22(34-3)23(15-18)35-4/h7-12,15,29H,5-6,13-14,16-17H2,1-4H3,(H,30,32). The van der Waals surface area contributed by atoms with Gasteiger partial charge in [0.25, 0.3) is 5.91 Å². The van der Waals surface area contributed by atoms with E-state index in [4.69, 9.17) is 18.9 Å². The van der Waals surface area contributed by atoms with E-state index in [-0.39, 0.29) is 12.0 Å². The third-order valence-electron chi connectivity index (χ3n) is 6.15. The van der Waals surface area contributed by atoms with Crippen LogP contribution in [-0.2, 0) is 24.2 Å². The fourth-order valence-corrected chi connectivity index (χ4v) is 5.60. The summed E-state index contributed by atoms with van der Waals surface area (Å²) in [5.74, 6) is 1.66. The molecule has 1 aliphatic rings. The molecule has 3 aromatic rings. The highest BCUT2D eigenvalue weighted by Gasteiger charge is 2.30. The van der Waals surface area contributed by atoms with Crippen LogP contribution in [0.4, 0.5) is 15.5 Å². The summed E-state index contributed by atoms with van der Waals surface area (Å²) in [4.78, 5) is 28.7. The van der Waals surface area contributed by atoms with Crippen LogP contribution in [0.5, 0.6) is 17.2 Å². The molecule has 4 rings (SSSR count). The molecule has 1 aliphatic heterocycles. The number of amides is 2. The minimum Gasteiger partial charge on any atom is -0.493 e. The van der Waals surface area contributed by atoms with E-state index in [0.717, 1.165) is 21.0 Å². The molecule has 0 atom stereocenters. The fraction of sp³-hybridized carbons (Fsp3) is 0.357. The zero-order chi connectivity index (χ0) is 27.1. The maximum Gasteiger partial charge on any atom is 0.410 e. The van der Waals surface area contributed by atoms with Crippen molar-refractivity contribution in [2.24, 2.45) is 0 Å². The summed E-state index contributed by atoms with van der Waals surface area (Å²) < 4.78 is 21.7. The minimum absolute atomic E-state index is 0.228. The van der Waals surface area contributed by atoms with E-state index >= 15 is 0 Å². The largest absolute Gasteiger partial charge is 0.493 e. The predicted octanol–water partition coefficient (Wildman–Crippen LogP) is 5.54. The lowest BCUT2D eigenvalue weighted by Gasteiger charge is -2.26. The molecule has 0 bridgehead atoms. The highest BCUT2D eigenvalue weighted by Crippen LogP contribution is 2.39. The van der Waals surface area contributed by atoms with Crippen molar-refractivity contribution in [1.29, 1.82) is 0 Å². The van der Waals surface area contributed by atoms with E-state index in [9.17, 15) is 9.59 Å². The quantitative estimate of drug-likeness (QED) is 0.349. The number of ether oxygens (including phenoxy) is 4. The third kappa shape index (κ3) is 5.96. The number of thiophene rings is 1. The van der Waals surface area contributed by atoms with Crippen LogP contribution < -0.4 is 24.8 Å². The Morgan fingerprint density at radius 2 is 1.79 bits per heavy atom. The molecular formula is C28H33N3O6S. The second-order valence-corrected chi connectivity index (χ2v) is 9.61. The second kappa shape index (κ2) is 12.6. The van der Waals surface area contributed by atoms with Crippen molar-refractivity contribution < 1.29 is 28.5 Å². The molecule has 2 heterocycles. The molecule has 2 aromatic carbocycles. The Morgan fingerprint density at radius 3 is 2.53 bits per heavy atom. The van der Waals surface area contributed by atoms with Crippen molar-refractivity contribution >= 4 is 34.0 Å². The molecule has 202 valence electrons. The van der Waals surface area contributed by atoms with Crippen LogP contribution in [0.3, 0.4) is 0 Å². The maximum absolute atomic E-state index is 13.7. The Kier molecular flexibility index (Phi) is 8.96. The normalized spacial score (nSPS) is 12.4. The number of carbonyl (C=O) groups is 2. The van der Waals surface area contributed by atoms with Gasteiger partial charge in [0.2, 0.25) is 0 Å². The van der Waals surface area contributed by atoms with Gasteiger partial charge in [-0.25, -0.2) is 4.79 Å². The van der Waals surface area contributed by atoms with Gasteiger partial charge in [-0.3, -0.25) is 4.79 Å². The number of para-hydroxylation sites is 2. The monoisotopic (exact) mass is 539 g/mol. The van der Waals surface area contributed by atoms with Gasteiger partial charge in [0.1, 0.15) is 10.8 Å². The van der Waals surface area contributed by atoms with Gasteiger partial charge in [0.05, 0.1) is 45.2 Å². The van der Waals surface area contributed by atoms with E-state index in [1.54, 1.807) is 26.0 Å². The fourth-order valence-electron chi connectivity index (χ4n) is 4.35. The Bertz CT molecular complexity index is 1290. The molecule has 0 spiro atoms. The number of rotatable bonds is 10. The van der Waals surface area contributed by atoms with E-state index < -0.39 is 0 Å². The molecule has 2 N–H and O–H groups in total.